The Hall–Kier alpha value is -1.98. The normalized spacial score (nSPS) is 10.2. The van der Waals surface area contributed by atoms with Gasteiger partial charge in [-0.1, -0.05) is 23.2 Å². The molecule has 0 radical (unpaired) electrons. The lowest BCUT2D eigenvalue weighted by Crippen LogP contribution is -2.21. The van der Waals surface area contributed by atoms with Crippen LogP contribution in [-0.4, -0.2) is 19.6 Å². The standard InChI is InChI=1S/C15H13Cl2FN2O2/c1-22-14-5-3-9(6-12(14)17)19-8-15(21)20-10-2-4-13(18)11(16)7-10/h2-7,19H,8H2,1H3,(H,20,21). The minimum atomic E-state index is -0.536. The number of carbonyl (C=O) groups excluding carboxylic acids is 1. The van der Waals surface area contributed by atoms with Crippen LogP contribution >= 0.6 is 23.2 Å². The average Bonchev–Trinajstić information content (AvgIpc) is 2.49. The quantitative estimate of drug-likeness (QED) is 0.856. The maximum absolute atomic E-state index is 13.0. The van der Waals surface area contributed by atoms with Gasteiger partial charge in [0.25, 0.3) is 0 Å². The van der Waals surface area contributed by atoms with Gasteiger partial charge in [-0.3, -0.25) is 4.79 Å². The summed E-state index contributed by atoms with van der Waals surface area (Å²) in [4.78, 5) is 11.8. The third-order valence-electron chi connectivity index (χ3n) is 2.81. The van der Waals surface area contributed by atoms with E-state index in [9.17, 15) is 9.18 Å². The molecule has 0 aliphatic carbocycles. The fraction of sp³-hybridized carbons (Fsp3) is 0.133. The van der Waals surface area contributed by atoms with Gasteiger partial charge in [-0.25, -0.2) is 4.39 Å². The average molecular weight is 343 g/mol. The molecular formula is C15H13Cl2FN2O2. The predicted molar refractivity (Wildman–Crippen MR) is 86.5 cm³/mol. The van der Waals surface area contributed by atoms with Crippen LogP contribution in [-0.2, 0) is 4.79 Å². The fourth-order valence-electron chi connectivity index (χ4n) is 1.74. The maximum atomic E-state index is 13.0. The molecule has 4 nitrogen and oxygen atoms in total. The number of hydrogen-bond acceptors (Lipinski definition) is 3. The van der Waals surface area contributed by atoms with Gasteiger partial charge in [0.1, 0.15) is 11.6 Å². The number of carbonyl (C=O) groups is 1. The van der Waals surface area contributed by atoms with Crippen molar-refractivity contribution in [1.82, 2.24) is 0 Å². The smallest absolute Gasteiger partial charge is 0.243 e. The molecule has 0 unspecified atom stereocenters. The van der Waals surface area contributed by atoms with Crippen LogP contribution in [0.4, 0.5) is 15.8 Å². The highest BCUT2D eigenvalue weighted by atomic mass is 35.5. The molecule has 0 aliphatic heterocycles. The van der Waals surface area contributed by atoms with Crippen molar-refractivity contribution < 1.29 is 13.9 Å². The summed E-state index contributed by atoms with van der Waals surface area (Å²) in [7, 11) is 1.52. The summed E-state index contributed by atoms with van der Waals surface area (Å²) in [5, 5.41) is 5.93. The fourth-order valence-corrected chi connectivity index (χ4v) is 2.18. The molecule has 2 rings (SSSR count). The van der Waals surface area contributed by atoms with E-state index in [0.717, 1.165) is 0 Å². The number of amides is 1. The van der Waals surface area contributed by atoms with E-state index in [1.807, 2.05) is 0 Å². The molecule has 0 saturated carbocycles. The van der Waals surface area contributed by atoms with E-state index in [0.29, 0.717) is 22.1 Å². The number of halogens is 3. The number of nitrogens with one attached hydrogen (secondary N) is 2. The number of ether oxygens (including phenoxy) is 1. The van der Waals surface area contributed by atoms with Crippen molar-refractivity contribution in [2.45, 2.75) is 0 Å². The topological polar surface area (TPSA) is 50.4 Å². The molecule has 0 spiro atoms. The van der Waals surface area contributed by atoms with Gasteiger partial charge in [-0.2, -0.15) is 0 Å². The van der Waals surface area contributed by atoms with Crippen LogP contribution in [0.15, 0.2) is 36.4 Å². The second-order valence-electron chi connectivity index (χ2n) is 4.38. The van der Waals surface area contributed by atoms with Crippen LogP contribution in [0, 0.1) is 5.82 Å². The SMILES string of the molecule is COc1ccc(NCC(=O)Nc2ccc(F)c(Cl)c2)cc1Cl. The summed E-state index contributed by atoms with van der Waals surface area (Å²) in [6, 6.07) is 9.06. The van der Waals surface area contributed by atoms with Crippen molar-refractivity contribution in [3.8, 4) is 5.75 Å². The molecule has 1 amide bonds. The van der Waals surface area contributed by atoms with Crippen molar-refractivity contribution in [3.05, 3.63) is 52.3 Å². The molecular weight excluding hydrogens is 330 g/mol. The third kappa shape index (κ3) is 4.26. The van der Waals surface area contributed by atoms with Gasteiger partial charge in [0.15, 0.2) is 0 Å². The Balaban J connectivity index is 1.92. The monoisotopic (exact) mass is 342 g/mol. The second kappa shape index (κ2) is 7.33. The van der Waals surface area contributed by atoms with Gasteiger partial charge < -0.3 is 15.4 Å². The van der Waals surface area contributed by atoms with Crippen LogP contribution in [0.5, 0.6) is 5.75 Å². The summed E-state index contributed by atoms with van der Waals surface area (Å²) in [6.45, 7) is 0.0254. The van der Waals surface area contributed by atoms with E-state index in [1.54, 1.807) is 18.2 Å². The Kier molecular flexibility index (Phi) is 5.46. The third-order valence-corrected chi connectivity index (χ3v) is 3.39. The second-order valence-corrected chi connectivity index (χ2v) is 5.19. The van der Waals surface area contributed by atoms with Gasteiger partial charge >= 0.3 is 0 Å². The zero-order valence-corrected chi connectivity index (χ0v) is 13.1. The molecule has 0 heterocycles. The summed E-state index contributed by atoms with van der Waals surface area (Å²) < 4.78 is 18.1. The molecule has 116 valence electrons. The summed E-state index contributed by atoms with van der Waals surface area (Å²) in [6.07, 6.45) is 0. The zero-order chi connectivity index (χ0) is 16.1. The molecule has 0 saturated heterocycles. The Bertz CT molecular complexity index is 695. The highest BCUT2D eigenvalue weighted by Crippen LogP contribution is 2.27. The van der Waals surface area contributed by atoms with Gasteiger partial charge in [0, 0.05) is 11.4 Å². The van der Waals surface area contributed by atoms with Gasteiger partial charge in [-0.05, 0) is 36.4 Å². The highest BCUT2D eigenvalue weighted by Gasteiger charge is 2.06. The lowest BCUT2D eigenvalue weighted by atomic mass is 10.3. The lowest BCUT2D eigenvalue weighted by Gasteiger charge is -2.10. The first-order valence-electron chi connectivity index (χ1n) is 6.32. The van der Waals surface area contributed by atoms with E-state index in [-0.39, 0.29) is 17.5 Å². The first-order chi connectivity index (χ1) is 10.5. The van der Waals surface area contributed by atoms with Crippen LogP contribution in [0.1, 0.15) is 0 Å². The summed E-state index contributed by atoms with van der Waals surface area (Å²) >= 11 is 11.6. The van der Waals surface area contributed by atoms with Crippen LogP contribution in [0.25, 0.3) is 0 Å². The van der Waals surface area contributed by atoms with E-state index >= 15 is 0 Å². The minimum Gasteiger partial charge on any atom is -0.495 e. The molecule has 0 aromatic heterocycles. The maximum Gasteiger partial charge on any atom is 0.243 e. The van der Waals surface area contributed by atoms with Crippen molar-refractivity contribution in [1.29, 1.82) is 0 Å². The van der Waals surface area contributed by atoms with Gasteiger partial charge in [0.2, 0.25) is 5.91 Å². The molecule has 0 atom stereocenters. The van der Waals surface area contributed by atoms with Gasteiger partial charge in [-0.15, -0.1) is 0 Å². The van der Waals surface area contributed by atoms with Gasteiger partial charge in [0.05, 0.1) is 23.7 Å². The largest absolute Gasteiger partial charge is 0.495 e. The van der Waals surface area contributed by atoms with Crippen LogP contribution in [0.2, 0.25) is 10.0 Å². The van der Waals surface area contributed by atoms with Crippen molar-refractivity contribution in [3.63, 3.8) is 0 Å². The molecule has 0 bridgehead atoms. The zero-order valence-electron chi connectivity index (χ0n) is 11.6. The first kappa shape index (κ1) is 16.4. The summed E-state index contributed by atoms with van der Waals surface area (Å²) in [5.41, 5.74) is 1.10. The number of rotatable bonds is 5. The Morgan fingerprint density at radius 2 is 1.82 bits per heavy atom. The number of methoxy groups -OCH3 is 1. The number of benzene rings is 2. The molecule has 7 heteroatoms. The van der Waals surface area contributed by atoms with Crippen LogP contribution < -0.4 is 15.4 Å². The molecule has 0 fully saturated rings. The van der Waals surface area contributed by atoms with E-state index in [4.69, 9.17) is 27.9 Å². The van der Waals surface area contributed by atoms with E-state index in [1.165, 1.54) is 25.3 Å². The molecule has 0 aliphatic rings. The Morgan fingerprint density at radius 1 is 1.14 bits per heavy atom. The van der Waals surface area contributed by atoms with Crippen molar-refractivity contribution >= 4 is 40.5 Å². The Labute approximate surface area is 137 Å². The number of anilines is 2. The van der Waals surface area contributed by atoms with Crippen LogP contribution in [0.3, 0.4) is 0 Å². The van der Waals surface area contributed by atoms with E-state index < -0.39 is 5.82 Å². The molecule has 2 N–H and O–H groups in total. The lowest BCUT2D eigenvalue weighted by molar-refractivity contribution is -0.114. The van der Waals surface area contributed by atoms with Crippen molar-refractivity contribution in [2.24, 2.45) is 0 Å². The predicted octanol–water partition coefficient (Wildman–Crippen LogP) is 4.19. The molecule has 22 heavy (non-hydrogen) atoms. The highest BCUT2D eigenvalue weighted by molar-refractivity contribution is 6.32. The van der Waals surface area contributed by atoms with Crippen molar-refractivity contribution in [2.75, 3.05) is 24.3 Å². The molecule has 2 aromatic rings. The first-order valence-corrected chi connectivity index (χ1v) is 7.07. The molecule has 2 aromatic carbocycles. The number of hydrogen-bond donors (Lipinski definition) is 2. The van der Waals surface area contributed by atoms with E-state index in [2.05, 4.69) is 10.6 Å². The summed E-state index contributed by atoms with van der Waals surface area (Å²) in [5.74, 6) is -0.280. The minimum absolute atomic E-state index is 0.0254. The Morgan fingerprint density at radius 3 is 2.45 bits per heavy atom.